The standard InChI is InChI=1S/C15H20N4O2/c1-11-17-14(18-21-11)9-15(20)16-10-13(19(2)3)12-7-5-4-6-8-12/h4-8,13H,9-10H2,1-3H3,(H,16,20). The number of likely N-dealkylation sites (N-methyl/N-ethyl adjacent to an activating group) is 1. The quantitative estimate of drug-likeness (QED) is 0.868. The molecule has 2 aromatic rings. The van der Waals surface area contributed by atoms with Crippen molar-refractivity contribution in [2.24, 2.45) is 0 Å². The molecule has 1 unspecified atom stereocenters. The molecule has 0 spiro atoms. The summed E-state index contributed by atoms with van der Waals surface area (Å²) in [6, 6.07) is 10.2. The van der Waals surface area contributed by atoms with Crippen LogP contribution in [0.25, 0.3) is 0 Å². The lowest BCUT2D eigenvalue weighted by Gasteiger charge is -2.25. The number of benzene rings is 1. The lowest BCUT2D eigenvalue weighted by molar-refractivity contribution is -0.120. The van der Waals surface area contributed by atoms with Crippen molar-refractivity contribution >= 4 is 5.91 Å². The van der Waals surface area contributed by atoms with Crippen LogP contribution >= 0.6 is 0 Å². The van der Waals surface area contributed by atoms with E-state index in [1.54, 1.807) is 6.92 Å². The summed E-state index contributed by atoms with van der Waals surface area (Å²) in [5.41, 5.74) is 1.17. The number of carbonyl (C=O) groups excluding carboxylic acids is 1. The molecule has 1 aromatic heterocycles. The summed E-state index contributed by atoms with van der Waals surface area (Å²) in [5.74, 6) is 0.762. The minimum atomic E-state index is -0.112. The van der Waals surface area contributed by atoms with E-state index in [0.717, 1.165) is 0 Å². The van der Waals surface area contributed by atoms with Crippen molar-refractivity contribution in [3.63, 3.8) is 0 Å². The second kappa shape index (κ2) is 6.99. The molecular formula is C15H20N4O2. The number of amides is 1. The zero-order chi connectivity index (χ0) is 15.2. The van der Waals surface area contributed by atoms with E-state index in [1.165, 1.54) is 5.56 Å². The predicted octanol–water partition coefficient (Wildman–Crippen LogP) is 1.34. The topological polar surface area (TPSA) is 71.3 Å². The molecule has 2 rings (SSSR count). The number of nitrogens with one attached hydrogen (secondary N) is 1. The molecular weight excluding hydrogens is 268 g/mol. The summed E-state index contributed by atoms with van der Waals surface area (Å²) in [4.78, 5) is 18.0. The van der Waals surface area contributed by atoms with E-state index in [1.807, 2.05) is 32.3 Å². The molecule has 21 heavy (non-hydrogen) atoms. The van der Waals surface area contributed by atoms with Gasteiger partial charge in [0.15, 0.2) is 5.82 Å². The molecule has 0 saturated heterocycles. The van der Waals surface area contributed by atoms with Gasteiger partial charge in [0.1, 0.15) is 0 Å². The van der Waals surface area contributed by atoms with Gasteiger partial charge in [0.25, 0.3) is 0 Å². The summed E-state index contributed by atoms with van der Waals surface area (Å²) in [7, 11) is 3.98. The van der Waals surface area contributed by atoms with E-state index in [-0.39, 0.29) is 18.4 Å². The summed E-state index contributed by atoms with van der Waals surface area (Å²) >= 11 is 0. The molecule has 0 fully saturated rings. The first-order chi connectivity index (χ1) is 10.1. The normalized spacial score (nSPS) is 12.4. The molecule has 6 nitrogen and oxygen atoms in total. The van der Waals surface area contributed by atoms with Crippen molar-refractivity contribution in [3.8, 4) is 0 Å². The third-order valence-corrected chi connectivity index (χ3v) is 3.19. The summed E-state index contributed by atoms with van der Waals surface area (Å²) in [6.07, 6.45) is 0.131. The molecule has 0 aliphatic heterocycles. The van der Waals surface area contributed by atoms with E-state index in [4.69, 9.17) is 4.52 Å². The van der Waals surface area contributed by atoms with Crippen LogP contribution in [0.4, 0.5) is 0 Å². The molecule has 0 radical (unpaired) electrons. The lowest BCUT2D eigenvalue weighted by atomic mass is 10.1. The molecule has 0 saturated carbocycles. The Morgan fingerprint density at radius 3 is 2.62 bits per heavy atom. The molecule has 6 heteroatoms. The van der Waals surface area contributed by atoms with E-state index in [9.17, 15) is 4.79 Å². The molecule has 112 valence electrons. The van der Waals surface area contributed by atoms with Gasteiger partial charge in [-0.2, -0.15) is 4.98 Å². The van der Waals surface area contributed by atoms with Crippen molar-refractivity contribution in [2.75, 3.05) is 20.6 Å². The fraction of sp³-hybridized carbons (Fsp3) is 0.400. The number of aryl methyl sites for hydroxylation is 1. The van der Waals surface area contributed by atoms with Crippen LogP contribution in [0.5, 0.6) is 0 Å². The van der Waals surface area contributed by atoms with Crippen molar-refractivity contribution in [3.05, 3.63) is 47.6 Å². The highest BCUT2D eigenvalue weighted by Gasteiger charge is 2.16. The highest BCUT2D eigenvalue weighted by molar-refractivity contribution is 5.77. The Morgan fingerprint density at radius 2 is 2.05 bits per heavy atom. The number of nitrogens with zero attached hydrogens (tertiary/aromatic N) is 3. The van der Waals surface area contributed by atoms with Gasteiger partial charge in [-0.25, -0.2) is 0 Å². The molecule has 0 aliphatic carbocycles. The Balaban J connectivity index is 1.91. The van der Waals surface area contributed by atoms with Gasteiger partial charge in [0, 0.05) is 13.5 Å². The fourth-order valence-corrected chi connectivity index (χ4v) is 2.10. The number of rotatable bonds is 6. The molecule has 1 atom stereocenters. The Kier molecular flexibility index (Phi) is 5.05. The van der Waals surface area contributed by atoms with E-state index in [2.05, 4.69) is 32.5 Å². The monoisotopic (exact) mass is 288 g/mol. The van der Waals surface area contributed by atoms with Crippen LogP contribution in [0.3, 0.4) is 0 Å². The van der Waals surface area contributed by atoms with Gasteiger partial charge in [-0.1, -0.05) is 35.5 Å². The first-order valence-corrected chi connectivity index (χ1v) is 6.83. The number of hydrogen-bond acceptors (Lipinski definition) is 5. The third kappa shape index (κ3) is 4.39. The zero-order valence-electron chi connectivity index (χ0n) is 12.5. The average molecular weight is 288 g/mol. The van der Waals surface area contributed by atoms with Crippen LogP contribution in [0, 0.1) is 6.92 Å². The number of aromatic nitrogens is 2. The maximum absolute atomic E-state index is 11.9. The largest absolute Gasteiger partial charge is 0.354 e. The van der Waals surface area contributed by atoms with Crippen molar-refractivity contribution in [2.45, 2.75) is 19.4 Å². The minimum absolute atomic E-state index is 0.112. The van der Waals surface area contributed by atoms with Gasteiger partial charge in [-0.3, -0.25) is 4.79 Å². The van der Waals surface area contributed by atoms with Gasteiger partial charge in [-0.15, -0.1) is 0 Å². The summed E-state index contributed by atoms with van der Waals surface area (Å²) in [6.45, 7) is 2.23. The Hall–Kier alpha value is -2.21. The van der Waals surface area contributed by atoms with Crippen LogP contribution in [0.2, 0.25) is 0 Å². The number of carbonyl (C=O) groups is 1. The van der Waals surface area contributed by atoms with E-state index in [0.29, 0.717) is 18.3 Å². The minimum Gasteiger partial charge on any atom is -0.354 e. The van der Waals surface area contributed by atoms with Crippen molar-refractivity contribution < 1.29 is 9.32 Å². The SMILES string of the molecule is Cc1nc(CC(=O)NCC(c2ccccc2)N(C)C)no1. The maximum atomic E-state index is 11.9. The fourth-order valence-electron chi connectivity index (χ4n) is 2.10. The van der Waals surface area contributed by atoms with Crippen LogP contribution in [0.1, 0.15) is 23.3 Å². The highest BCUT2D eigenvalue weighted by Crippen LogP contribution is 2.16. The third-order valence-electron chi connectivity index (χ3n) is 3.19. The highest BCUT2D eigenvalue weighted by atomic mass is 16.5. The van der Waals surface area contributed by atoms with Crippen LogP contribution < -0.4 is 5.32 Å². The molecule has 1 N–H and O–H groups in total. The van der Waals surface area contributed by atoms with Gasteiger partial charge in [-0.05, 0) is 19.7 Å². The van der Waals surface area contributed by atoms with Gasteiger partial charge in [0.2, 0.25) is 11.8 Å². The first kappa shape index (κ1) is 15.2. The summed E-state index contributed by atoms with van der Waals surface area (Å²) < 4.78 is 4.85. The van der Waals surface area contributed by atoms with E-state index < -0.39 is 0 Å². The van der Waals surface area contributed by atoms with Gasteiger partial charge < -0.3 is 14.7 Å². The maximum Gasteiger partial charge on any atom is 0.227 e. The summed E-state index contributed by atoms with van der Waals surface area (Å²) in [5, 5.41) is 6.64. The molecule has 0 aliphatic rings. The van der Waals surface area contributed by atoms with Crippen LogP contribution in [0.15, 0.2) is 34.9 Å². The van der Waals surface area contributed by atoms with Crippen molar-refractivity contribution in [1.29, 1.82) is 0 Å². The second-order valence-electron chi connectivity index (χ2n) is 5.10. The smallest absolute Gasteiger partial charge is 0.227 e. The van der Waals surface area contributed by atoms with Crippen LogP contribution in [-0.2, 0) is 11.2 Å². The van der Waals surface area contributed by atoms with Gasteiger partial charge in [0.05, 0.1) is 12.5 Å². The number of hydrogen-bond donors (Lipinski definition) is 1. The predicted molar refractivity (Wildman–Crippen MR) is 78.6 cm³/mol. The second-order valence-corrected chi connectivity index (χ2v) is 5.10. The lowest BCUT2D eigenvalue weighted by Crippen LogP contribution is -2.35. The molecule has 1 aromatic carbocycles. The molecule has 0 bridgehead atoms. The Morgan fingerprint density at radius 1 is 1.33 bits per heavy atom. The Labute approximate surface area is 124 Å². The zero-order valence-corrected chi connectivity index (χ0v) is 12.5. The van der Waals surface area contributed by atoms with E-state index >= 15 is 0 Å². The van der Waals surface area contributed by atoms with Gasteiger partial charge >= 0.3 is 0 Å². The average Bonchev–Trinajstić information content (AvgIpc) is 2.85. The molecule has 1 amide bonds. The van der Waals surface area contributed by atoms with Crippen molar-refractivity contribution in [1.82, 2.24) is 20.4 Å². The molecule has 1 heterocycles. The Bertz CT molecular complexity index is 580. The first-order valence-electron chi connectivity index (χ1n) is 6.83. The van der Waals surface area contributed by atoms with Crippen LogP contribution in [-0.4, -0.2) is 41.6 Å².